The van der Waals surface area contributed by atoms with Crippen molar-refractivity contribution in [1.82, 2.24) is 15.8 Å². The van der Waals surface area contributed by atoms with Gasteiger partial charge in [-0.05, 0) is 57.6 Å². The van der Waals surface area contributed by atoms with Gasteiger partial charge in [0, 0.05) is 32.4 Å². The van der Waals surface area contributed by atoms with E-state index in [0.717, 1.165) is 23.4 Å². The van der Waals surface area contributed by atoms with E-state index >= 15 is 0 Å². The summed E-state index contributed by atoms with van der Waals surface area (Å²) < 4.78 is 35.4. The van der Waals surface area contributed by atoms with Crippen LogP contribution in [0.15, 0.2) is 12.1 Å². The maximum absolute atomic E-state index is 12.7. The largest absolute Gasteiger partial charge is 0.443 e. The van der Waals surface area contributed by atoms with Crippen LogP contribution in [0.3, 0.4) is 0 Å². The molecule has 1 aromatic heterocycles. The van der Waals surface area contributed by atoms with Gasteiger partial charge in [-0.25, -0.2) is 23.6 Å². The predicted octanol–water partition coefficient (Wildman–Crippen LogP) is 2.12. The number of carbonyl (C=O) groups is 2. The number of nitrogens with one attached hydrogen (secondary N) is 3. The van der Waals surface area contributed by atoms with Crippen LogP contribution in [0.1, 0.15) is 50.9 Å². The molecule has 1 aliphatic carbocycles. The average molecular weight is 486 g/mol. The summed E-state index contributed by atoms with van der Waals surface area (Å²) in [6.07, 6.45) is 2.03. The van der Waals surface area contributed by atoms with Crippen LogP contribution < -0.4 is 20.5 Å². The van der Waals surface area contributed by atoms with Crippen molar-refractivity contribution in [2.24, 2.45) is 11.8 Å². The number of hydrogen-bond acceptors (Lipinski definition) is 8. The Labute approximate surface area is 195 Å². The number of methoxy groups -OCH3 is 1. The monoisotopic (exact) mass is 485 g/mol. The highest BCUT2D eigenvalue weighted by Gasteiger charge is 2.39. The Balaban J connectivity index is 2.27. The summed E-state index contributed by atoms with van der Waals surface area (Å²) in [7, 11) is -0.628. The van der Waals surface area contributed by atoms with Crippen LogP contribution >= 0.6 is 0 Å². The maximum atomic E-state index is 12.7. The second kappa shape index (κ2) is 10.6. The molecule has 1 heterocycles. The van der Waals surface area contributed by atoms with Crippen molar-refractivity contribution in [2.75, 3.05) is 36.6 Å². The standard InChI is InChI=1S/C21H35N5O6S/c1-13-10-15(13)16(8-9-31-6)22-17-11-14(12-18(23-17)26(5)33(7,29)30)19(27)24-25-20(28)32-21(2,3)4/h11-13,15-16H,8-10H2,1-7H3,(H,22,23)(H,24,27)(H,25,28)/t13-,15-,16?/m1/s1. The number of rotatable bonds is 9. The Morgan fingerprint density at radius 3 is 2.42 bits per heavy atom. The molecular weight excluding hydrogens is 450 g/mol. The molecule has 0 aromatic carbocycles. The van der Waals surface area contributed by atoms with Gasteiger partial charge in [-0.2, -0.15) is 0 Å². The molecule has 0 saturated heterocycles. The number of sulfonamides is 1. The third kappa shape index (κ3) is 8.35. The lowest BCUT2D eigenvalue weighted by Crippen LogP contribution is -2.44. The first-order valence-electron chi connectivity index (χ1n) is 10.7. The fourth-order valence-corrected chi connectivity index (χ4v) is 3.71. The van der Waals surface area contributed by atoms with Crippen LogP contribution in [0, 0.1) is 11.8 Å². The van der Waals surface area contributed by atoms with Gasteiger partial charge in [0.05, 0.1) is 6.26 Å². The zero-order chi connectivity index (χ0) is 25.0. The summed E-state index contributed by atoms with van der Waals surface area (Å²) in [5.41, 5.74) is 3.85. The summed E-state index contributed by atoms with van der Waals surface area (Å²) in [6, 6.07) is 2.91. The van der Waals surface area contributed by atoms with E-state index in [9.17, 15) is 18.0 Å². The molecule has 3 N–H and O–H groups in total. The summed E-state index contributed by atoms with van der Waals surface area (Å²) in [4.78, 5) is 29.0. The smallest absolute Gasteiger partial charge is 0.426 e. The topological polar surface area (TPSA) is 139 Å². The molecule has 33 heavy (non-hydrogen) atoms. The summed E-state index contributed by atoms with van der Waals surface area (Å²) in [5, 5.41) is 3.34. The fraction of sp³-hybridized carbons (Fsp3) is 0.667. The highest BCUT2D eigenvalue weighted by atomic mass is 32.2. The first kappa shape index (κ1) is 26.7. The summed E-state index contributed by atoms with van der Waals surface area (Å²) >= 11 is 0. The van der Waals surface area contributed by atoms with Crippen molar-refractivity contribution in [3.8, 4) is 0 Å². The molecule has 3 atom stereocenters. The van der Waals surface area contributed by atoms with E-state index in [0.29, 0.717) is 24.3 Å². The number of pyridine rings is 1. The number of nitrogens with zero attached hydrogens (tertiary/aromatic N) is 2. The van der Waals surface area contributed by atoms with E-state index in [-0.39, 0.29) is 17.4 Å². The van der Waals surface area contributed by atoms with Crippen LogP contribution in [0.2, 0.25) is 0 Å². The van der Waals surface area contributed by atoms with Gasteiger partial charge in [0.2, 0.25) is 10.0 Å². The van der Waals surface area contributed by atoms with Gasteiger partial charge in [0.15, 0.2) is 0 Å². The van der Waals surface area contributed by atoms with E-state index in [2.05, 4.69) is 28.1 Å². The second-order valence-electron chi connectivity index (χ2n) is 9.32. The number of aromatic nitrogens is 1. The fourth-order valence-electron chi connectivity index (χ4n) is 3.28. The van der Waals surface area contributed by atoms with E-state index in [1.807, 2.05) is 0 Å². The molecule has 0 aliphatic heterocycles. The zero-order valence-electron chi connectivity index (χ0n) is 20.3. The zero-order valence-corrected chi connectivity index (χ0v) is 21.1. The van der Waals surface area contributed by atoms with E-state index in [1.165, 1.54) is 19.2 Å². The lowest BCUT2D eigenvalue weighted by atomic mass is 10.1. The van der Waals surface area contributed by atoms with Gasteiger partial charge in [-0.3, -0.25) is 14.5 Å². The number of ether oxygens (including phenoxy) is 2. The molecule has 0 radical (unpaired) electrons. The normalized spacial score (nSPS) is 18.8. The molecule has 1 saturated carbocycles. The predicted molar refractivity (Wildman–Crippen MR) is 125 cm³/mol. The number of carbonyl (C=O) groups excluding carboxylic acids is 2. The van der Waals surface area contributed by atoms with Gasteiger partial charge in [0.25, 0.3) is 5.91 Å². The first-order chi connectivity index (χ1) is 15.2. The van der Waals surface area contributed by atoms with E-state index < -0.39 is 27.6 Å². The molecule has 1 aromatic rings. The van der Waals surface area contributed by atoms with Crippen LogP contribution in [-0.4, -0.2) is 64.1 Å². The van der Waals surface area contributed by atoms with Crippen molar-refractivity contribution in [1.29, 1.82) is 0 Å². The lowest BCUT2D eigenvalue weighted by Gasteiger charge is -2.22. The third-order valence-corrected chi connectivity index (χ3v) is 6.41. The number of amides is 2. The molecule has 1 fully saturated rings. The van der Waals surface area contributed by atoms with Crippen LogP contribution in [0.4, 0.5) is 16.4 Å². The molecule has 186 valence electrons. The van der Waals surface area contributed by atoms with Crippen molar-refractivity contribution in [3.05, 3.63) is 17.7 Å². The van der Waals surface area contributed by atoms with E-state index in [1.54, 1.807) is 27.9 Å². The molecule has 2 rings (SSSR count). The Hall–Kier alpha value is -2.60. The third-order valence-electron chi connectivity index (χ3n) is 5.23. The molecule has 0 spiro atoms. The first-order valence-corrected chi connectivity index (χ1v) is 12.6. The Morgan fingerprint density at radius 2 is 1.91 bits per heavy atom. The Kier molecular flexibility index (Phi) is 8.52. The lowest BCUT2D eigenvalue weighted by molar-refractivity contribution is 0.0483. The molecule has 11 nitrogen and oxygen atoms in total. The van der Waals surface area contributed by atoms with Gasteiger partial charge in [-0.15, -0.1) is 0 Å². The molecule has 2 amide bonds. The minimum absolute atomic E-state index is 0.0574. The maximum Gasteiger partial charge on any atom is 0.426 e. The van der Waals surface area contributed by atoms with Crippen molar-refractivity contribution < 1.29 is 27.5 Å². The molecule has 1 aliphatic rings. The van der Waals surface area contributed by atoms with Gasteiger partial charge < -0.3 is 14.8 Å². The molecule has 1 unspecified atom stereocenters. The minimum Gasteiger partial charge on any atom is -0.443 e. The Morgan fingerprint density at radius 1 is 1.27 bits per heavy atom. The van der Waals surface area contributed by atoms with E-state index in [4.69, 9.17) is 9.47 Å². The van der Waals surface area contributed by atoms with Crippen LogP contribution in [-0.2, 0) is 19.5 Å². The quantitative estimate of drug-likeness (QED) is 0.452. The summed E-state index contributed by atoms with van der Waals surface area (Å²) in [5.74, 6) is 0.763. The van der Waals surface area contributed by atoms with Crippen LogP contribution in [0.25, 0.3) is 0 Å². The van der Waals surface area contributed by atoms with Gasteiger partial charge in [-0.1, -0.05) is 6.92 Å². The Bertz CT molecular complexity index is 962. The number of hydrazine groups is 1. The van der Waals surface area contributed by atoms with Crippen molar-refractivity contribution in [3.63, 3.8) is 0 Å². The minimum atomic E-state index is -3.61. The molecule has 12 heteroatoms. The molecular formula is C21H35N5O6S. The number of anilines is 2. The number of hydrogen-bond donors (Lipinski definition) is 3. The van der Waals surface area contributed by atoms with Gasteiger partial charge >= 0.3 is 6.09 Å². The molecule has 0 bridgehead atoms. The van der Waals surface area contributed by atoms with Crippen molar-refractivity contribution >= 4 is 33.7 Å². The SMILES string of the molecule is COCCC(Nc1cc(C(=O)NNC(=O)OC(C)(C)C)cc(N(C)S(C)(=O)=O)n1)[C@@H]1C[C@H]1C. The van der Waals surface area contributed by atoms with Crippen molar-refractivity contribution in [2.45, 2.75) is 52.2 Å². The highest BCUT2D eigenvalue weighted by Crippen LogP contribution is 2.42. The van der Waals surface area contributed by atoms with Gasteiger partial charge in [0.1, 0.15) is 17.2 Å². The summed E-state index contributed by atoms with van der Waals surface area (Å²) in [6.45, 7) is 7.81. The van der Waals surface area contributed by atoms with Crippen LogP contribution in [0.5, 0.6) is 0 Å². The average Bonchev–Trinajstić information content (AvgIpc) is 3.42. The second-order valence-corrected chi connectivity index (χ2v) is 11.3. The highest BCUT2D eigenvalue weighted by molar-refractivity contribution is 7.92.